The van der Waals surface area contributed by atoms with Crippen molar-refractivity contribution in [2.45, 2.75) is 52.4 Å². The van der Waals surface area contributed by atoms with E-state index >= 15 is 0 Å². The van der Waals surface area contributed by atoms with E-state index in [-0.39, 0.29) is 0 Å². The monoisotopic (exact) mass is 333 g/mol. The molecule has 1 aromatic rings. The van der Waals surface area contributed by atoms with Gasteiger partial charge in [0.25, 0.3) is 6.29 Å². The van der Waals surface area contributed by atoms with Crippen LogP contribution in [0.4, 0.5) is 4.79 Å². The summed E-state index contributed by atoms with van der Waals surface area (Å²) >= 11 is 0. The van der Waals surface area contributed by atoms with E-state index in [2.05, 4.69) is 0 Å². The molecule has 2 heterocycles. The molecular formula is C13H23N3O7. The van der Waals surface area contributed by atoms with Gasteiger partial charge in [-0.15, -0.1) is 0 Å². The van der Waals surface area contributed by atoms with Crippen molar-refractivity contribution in [3.8, 4) is 0 Å². The molecule has 0 aromatic carbocycles. The summed E-state index contributed by atoms with van der Waals surface area (Å²) in [6.45, 7) is 7.68. The number of carbonyl (C=O) groups is 2. The van der Waals surface area contributed by atoms with Gasteiger partial charge in [0.05, 0.1) is 12.5 Å². The average molecular weight is 333 g/mol. The quantitative estimate of drug-likeness (QED) is 0.629. The van der Waals surface area contributed by atoms with E-state index in [1.165, 1.54) is 11.9 Å². The second-order valence-corrected chi connectivity index (χ2v) is 6.42. The fourth-order valence-electron chi connectivity index (χ4n) is 2.13. The number of carbonyl (C=O) groups excluding carboxylic acids is 1. The van der Waals surface area contributed by atoms with Gasteiger partial charge in [-0.2, -0.15) is 4.63 Å². The molecule has 1 N–H and O–H groups in total. The topological polar surface area (TPSA) is 108 Å². The van der Waals surface area contributed by atoms with E-state index in [0.29, 0.717) is 19.5 Å². The first kappa shape index (κ1) is 17.1. The van der Waals surface area contributed by atoms with E-state index < -0.39 is 29.9 Å². The Morgan fingerprint density at radius 2 is 2.04 bits per heavy atom. The van der Waals surface area contributed by atoms with Crippen LogP contribution in [0, 0.1) is 5.92 Å². The van der Waals surface area contributed by atoms with Crippen LogP contribution in [0.25, 0.3) is 0 Å². The van der Waals surface area contributed by atoms with Gasteiger partial charge < -0.3 is 19.4 Å². The second kappa shape index (κ2) is 6.47. The number of hydrogen-bond donors (Lipinski definition) is 1. The Bertz CT molecular complexity index is 539. The molecule has 23 heavy (non-hydrogen) atoms. The smallest absolute Gasteiger partial charge is 0.481 e. The third kappa shape index (κ3) is 5.15. The molecule has 1 saturated heterocycles. The van der Waals surface area contributed by atoms with Crippen LogP contribution < -0.4 is 9.85 Å². The molecule has 1 aromatic heterocycles. The van der Waals surface area contributed by atoms with E-state index in [1.54, 1.807) is 25.8 Å². The molecular weight excluding hydrogens is 310 g/mol. The predicted octanol–water partition coefficient (Wildman–Crippen LogP) is 1.04. The minimum atomic E-state index is -0.921. The first-order chi connectivity index (χ1) is 10.7. The molecule has 0 spiro atoms. The van der Waals surface area contributed by atoms with Crippen molar-refractivity contribution in [3.63, 3.8) is 0 Å². The SMILES string of the molecule is CC(OC(=O)OC(C)(C)C)On1on1N1CCCC(C(=O)O)C1. The number of aliphatic carboxylic acids is 1. The number of carboxylic acids is 1. The molecule has 1 aliphatic rings. The molecule has 0 saturated carbocycles. The van der Waals surface area contributed by atoms with E-state index in [0.717, 1.165) is 11.4 Å². The first-order valence-corrected chi connectivity index (χ1v) is 7.48. The van der Waals surface area contributed by atoms with E-state index in [1.807, 2.05) is 0 Å². The maximum atomic E-state index is 11.5. The highest BCUT2D eigenvalue weighted by Gasteiger charge is 2.32. The molecule has 2 rings (SSSR count). The molecule has 0 aliphatic carbocycles. The largest absolute Gasteiger partial charge is 0.511 e. The molecule has 10 heteroatoms. The fourth-order valence-corrected chi connectivity index (χ4v) is 2.13. The number of aromatic nitrogens is 2. The maximum absolute atomic E-state index is 11.5. The summed E-state index contributed by atoms with van der Waals surface area (Å²) in [5, 5.41) is 11.8. The Labute approximate surface area is 133 Å². The maximum Gasteiger partial charge on any atom is 0.511 e. The summed E-state index contributed by atoms with van der Waals surface area (Å²) < 4.78 is 15.0. The van der Waals surface area contributed by atoms with Crippen LogP contribution in [-0.4, -0.2) is 52.2 Å². The third-order valence-electron chi connectivity index (χ3n) is 3.14. The number of rotatable bonds is 5. The van der Waals surface area contributed by atoms with Gasteiger partial charge in [0.2, 0.25) is 0 Å². The summed E-state index contributed by atoms with van der Waals surface area (Å²) in [5.74, 6) is -1.27. The Hall–Kier alpha value is -2.26. The third-order valence-corrected chi connectivity index (χ3v) is 3.14. The first-order valence-electron chi connectivity index (χ1n) is 7.48. The molecule has 0 amide bonds. The van der Waals surface area contributed by atoms with Gasteiger partial charge in [0.1, 0.15) is 10.6 Å². The van der Waals surface area contributed by atoms with Crippen LogP contribution in [0.15, 0.2) is 4.63 Å². The molecule has 0 radical (unpaired) electrons. The molecule has 1 fully saturated rings. The second-order valence-electron chi connectivity index (χ2n) is 6.42. The zero-order valence-electron chi connectivity index (χ0n) is 13.7. The number of hydrogen-bond acceptors (Lipinski definition) is 7. The van der Waals surface area contributed by atoms with Crippen LogP contribution in [0.5, 0.6) is 0 Å². The Morgan fingerprint density at radius 1 is 1.35 bits per heavy atom. The molecule has 2 unspecified atom stereocenters. The van der Waals surface area contributed by atoms with Crippen LogP contribution in [0.1, 0.15) is 40.5 Å². The number of piperidine rings is 1. The Morgan fingerprint density at radius 3 is 2.65 bits per heavy atom. The summed E-state index contributed by atoms with van der Waals surface area (Å²) in [4.78, 5) is 29.1. The van der Waals surface area contributed by atoms with Crippen LogP contribution in [0.3, 0.4) is 0 Å². The highest BCUT2D eigenvalue weighted by molar-refractivity contribution is 5.70. The zero-order valence-corrected chi connectivity index (χ0v) is 13.7. The highest BCUT2D eigenvalue weighted by Crippen LogP contribution is 2.17. The van der Waals surface area contributed by atoms with Crippen LogP contribution in [0.2, 0.25) is 0 Å². The zero-order chi connectivity index (χ0) is 17.2. The van der Waals surface area contributed by atoms with Crippen molar-refractivity contribution in [2.24, 2.45) is 5.92 Å². The summed E-state index contributed by atoms with van der Waals surface area (Å²) in [5.41, 5.74) is -0.654. The van der Waals surface area contributed by atoms with Gasteiger partial charge in [-0.05, 0) is 33.6 Å². The van der Waals surface area contributed by atoms with Gasteiger partial charge in [-0.3, -0.25) is 9.80 Å². The molecule has 10 nitrogen and oxygen atoms in total. The molecule has 1 aliphatic heterocycles. The molecule has 132 valence electrons. The van der Waals surface area contributed by atoms with Gasteiger partial charge in [0.15, 0.2) is 0 Å². The number of ether oxygens (including phenoxy) is 2. The molecule has 2 atom stereocenters. The van der Waals surface area contributed by atoms with Crippen molar-refractivity contribution in [2.75, 3.05) is 18.1 Å². The number of nitrogens with zero attached hydrogens (tertiary/aromatic N) is 3. The minimum Gasteiger partial charge on any atom is -0.481 e. The standard InChI is InChI=1S/C13H23N3O7/c1-9(20-12(19)21-13(2,3)4)22-16-15(23-16)14-7-5-6-10(8-14)11(17)18/h9-10H,5-8H2,1-4H3,(H,17,18). The van der Waals surface area contributed by atoms with Crippen molar-refractivity contribution >= 4 is 12.1 Å². The summed E-state index contributed by atoms with van der Waals surface area (Å²) in [6, 6.07) is 0. The van der Waals surface area contributed by atoms with Gasteiger partial charge in [0, 0.05) is 18.4 Å². The van der Waals surface area contributed by atoms with Crippen molar-refractivity contribution in [3.05, 3.63) is 0 Å². The van der Waals surface area contributed by atoms with Crippen molar-refractivity contribution in [1.82, 2.24) is 9.98 Å². The van der Waals surface area contributed by atoms with E-state index in [4.69, 9.17) is 24.0 Å². The lowest BCUT2D eigenvalue weighted by atomic mass is 10.00. The summed E-state index contributed by atoms with van der Waals surface area (Å²) in [7, 11) is 0. The Kier molecular flexibility index (Phi) is 4.81. The van der Waals surface area contributed by atoms with Crippen LogP contribution >= 0.6 is 0 Å². The van der Waals surface area contributed by atoms with Crippen LogP contribution in [-0.2, 0) is 14.3 Å². The normalized spacial score (nSPS) is 20.2. The average Bonchev–Trinajstić information content (AvgIpc) is 3.15. The van der Waals surface area contributed by atoms with E-state index in [9.17, 15) is 9.59 Å². The lowest BCUT2D eigenvalue weighted by Gasteiger charge is -2.27. The van der Waals surface area contributed by atoms with Crippen molar-refractivity contribution < 1.29 is 33.6 Å². The van der Waals surface area contributed by atoms with Gasteiger partial charge in [-0.1, -0.05) is 0 Å². The highest BCUT2D eigenvalue weighted by atomic mass is 17.0. The minimum absolute atomic E-state index is 0.330. The lowest BCUT2D eigenvalue weighted by Crippen LogP contribution is -2.44. The lowest BCUT2D eigenvalue weighted by molar-refractivity contribution is -0.144. The van der Waals surface area contributed by atoms with Crippen molar-refractivity contribution in [1.29, 1.82) is 0 Å². The predicted molar refractivity (Wildman–Crippen MR) is 76.4 cm³/mol. The van der Waals surface area contributed by atoms with Gasteiger partial charge in [-0.25, -0.2) is 4.79 Å². The number of carboxylic acid groups (broad SMARTS) is 1. The fraction of sp³-hybridized carbons (Fsp3) is 0.846. The Balaban J connectivity index is 1.79. The van der Waals surface area contributed by atoms with Gasteiger partial charge >= 0.3 is 12.1 Å². The summed E-state index contributed by atoms with van der Waals surface area (Å²) in [6.07, 6.45) is -0.384. The molecule has 0 bridgehead atoms.